The van der Waals surface area contributed by atoms with Gasteiger partial charge in [0.15, 0.2) is 0 Å². The van der Waals surface area contributed by atoms with E-state index >= 15 is 0 Å². The van der Waals surface area contributed by atoms with Gasteiger partial charge in [-0.25, -0.2) is 0 Å². The third-order valence-electron chi connectivity index (χ3n) is 1.75. The van der Waals surface area contributed by atoms with Crippen molar-refractivity contribution >= 4 is 5.91 Å². The van der Waals surface area contributed by atoms with Crippen molar-refractivity contribution in [1.29, 1.82) is 0 Å². The van der Waals surface area contributed by atoms with E-state index in [2.05, 4.69) is 5.32 Å². The number of hydrogen-bond acceptors (Lipinski definition) is 2. The van der Waals surface area contributed by atoms with Crippen LogP contribution in [0.4, 0.5) is 0 Å². The van der Waals surface area contributed by atoms with E-state index in [1.807, 2.05) is 6.92 Å². The van der Waals surface area contributed by atoms with Crippen LogP contribution >= 0.6 is 0 Å². The molecule has 1 fully saturated rings. The molecule has 0 bridgehead atoms. The van der Waals surface area contributed by atoms with E-state index < -0.39 is 0 Å². The number of amides is 1. The van der Waals surface area contributed by atoms with Crippen LogP contribution in [0.15, 0.2) is 0 Å². The quantitative estimate of drug-likeness (QED) is 0.498. The fourth-order valence-electron chi connectivity index (χ4n) is 0.999. The largest absolute Gasteiger partial charge is 0.356 e. The van der Waals surface area contributed by atoms with Crippen molar-refractivity contribution in [3.8, 4) is 0 Å². The fraction of sp³-hybridized carbons (Fsp3) is 0.833. The van der Waals surface area contributed by atoms with Gasteiger partial charge in [0.2, 0.25) is 5.91 Å². The molecule has 0 saturated carbocycles. The summed E-state index contributed by atoms with van der Waals surface area (Å²) in [6.45, 7) is 2.70. The van der Waals surface area contributed by atoms with E-state index in [1.54, 1.807) is 0 Å². The second-order valence-electron chi connectivity index (χ2n) is 2.63. The lowest BCUT2D eigenvalue weighted by Gasteiger charge is -2.09. The van der Waals surface area contributed by atoms with Gasteiger partial charge in [0.25, 0.3) is 0 Å². The lowest BCUT2D eigenvalue weighted by molar-refractivity contribution is -0.119. The highest BCUT2D eigenvalue weighted by molar-refractivity contribution is 5.78. The molecule has 0 aromatic carbocycles. The molecule has 3 nitrogen and oxygen atoms in total. The summed E-state index contributed by atoms with van der Waals surface area (Å²) in [5, 5.41) is 2.73. The SMILES string of the molecule is CC(N)[C@H]1CNC(=O)C1. The minimum Gasteiger partial charge on any atom is -0.356 e. The Morgan fingerprint density at radius 1 is 1.89 bits per heavy atom. The fourth-order valence-corrected chi connectivity index (χ4v) is 0.999. The number of carbonyl (C=O) groups is 1. The van der Waals surface area contributed by atoms with E-state index in [9.17, 15) is 4.79 Å². The minimum absolute atomic E-state index is 0.136. The summed E-state index contributed by atoms with van der Waals surface area (Å²) in [5.41, 5.74) is 5.57. The lowest BCUT2D eigenvalue weighted by atomic mass is 10.0. The zero-order valence-electron chi connectivity index (χ0n) is 5.55. The van der Waals surface area contributed by atoms with Crippen molar-refractivity contribution in [1.82, 2.24) is 5.32 Å². The van der Waals surface area contributed by atoms with Crippen LogP contribution in [0.25, 0.3) is 0 Å². The standard InChI is InChI=1S/C6H12N2O/c1-4(7)5-2-6(9)8-3-5/h4-5H,2-3,7H2,1H3,(H,8,9)/t4?,5-/m1/s1. The molecule has 1 aliphatic rings. The highest BCUT2D eigenvalue weighted by Gasteiger charge is 2.23. The predicted molar refractivity (Wildman–Crippen MR) is 34.8 cm³/mol. The maximum atomic E-state index is 10.6. The Hall–Kier alpha value is -0.570. The van der Waals surface area contributed by atoms with Gasteiger partial charge in [-0.2, -0.15) is 0 Å². The van der Waals surface area contributed by atoms with E-state index in [0.717, 1.165) is 6.54 Å². The average Bonchev–Trinajstić information content (AvgIpc) is 2.14. The molecule has 0 aromatic heterocycles. The van der Waals surface area contributed by atoms with Gasteiger partial charge in [0.1, 0.15) is 0 Å². The molecule has 3 N–H and O–H groups in total. The molecule has 1 saturated heterocycles. The zero-order valence-corrected chi connectivity index (χ0v) is 5.55. The van der Waals surface area contributed by atoms with Crippen LogP contribution in [-0.2, 0) is 4.79 Å². The van der Waals surface area contributed by atoms with Crippen LogP contribution < -0.4 is 11.1 Å². The maximum absolute atomic E-state index is 10.6. The number of nitrogens with one attached hydrogen (secondary N) is 1. The smallest absolute Gasteiger partial charge is 0.220 e. The van der Waals surface area contributed by atoms with Gasteiger partial charge in [-0.3, -0.25) is 4.79 Å². The summed E-state index contributed by atoms with van der Waals surface area (Å²) in [4.78, 5) is 10.6. The Morgan fingerprint density at radius 3 is 2.78 bits per heavy atom. The Bertz CT molecular complexity index is 122. The molecule has 0 aromatic rings. The highest BCUT2D eigenvalue weighted by Crippen LogP contribution is 2.10. The second-order valence-corrected chi connectivity index (χ2v) is 2.63. The molecule has 0 spiro atoms. The Labute approximate surface area is 54.6 Å². The van der Waals surface area contributed by atoms with Gasteiger partial charge >= 0.3 is 0 Å². The molecule has 1 unspecified atom stereocenters. The normalized spacial score (nSPS) is 30.0. The third-order valence-corrected chi connectivity index (χ3v) is 1.75. The monoisotopic (exact) mass is 128 g/mol. The predicted octanol–water partition coefficient (Wildman–Crippen LogP) is -0.530. The lowest BCUT2D eigenvalue weighted by Crippen LogP contribution is -2.27. The molecule has 1 aliphatic heterocycles. The van der Waals surface area contributed by atoms with Gasteiger partial charge < -0.3 is 11.1 Å². The van der Waals surface area contributed by atoms with Crippen molar-refractivity contribution in [2.24, 2.45) is 11.7 Å². The Balaban J connectivity index is 2.39. The summed E-state index contributed by atoms with van der Waals surface area (Å²) in [5.74, 6) is 0.495. The van der Waals surface area contributed by atoms with Crippen molar-refractivity contribution in [3.63, 3.8) is 0 Å². The molecule has 0 aliphatic carbocycles. The van der Waals surface area contributed by atoms with Crippen LogP contribution in [0.3, 0.4) is 0 Å². The van der Waals surface area contributed by atoms with Gasteiger partial charge in [-0.1, -0.05) is 0 Å². The summed E-state index contributed by atoms with van der Waals surface area (Å²) < 4.78 is 0. The van der Waals surface area contributed by atoms with Crippen LogP contribution in [0.5, 0.6) is 0 Å². The molecule has 52 valence electrons. The zero-order chi connectivity index (χ0) is 6.85. The van der Waals surface area contributed by atoms with Gasteiger partial charge in [0, 0.05) is 19.0 Å². The summed E-state index contributed by atoms with van der Waals surface area (Å²) in [6, 6.07) is 0.143. The van der Waals surface area contributed by atoms with E-state index in [0.29, 0.717) is 12.3 Å². The average molecular weight is 128 g/mol. The van der Waals surface area contributed by atoms with Crippen molar-refractivity contribution < 1.29 is 4.79 Å². The Kier molecular flexibility index (Phi) is 1.71. The van der Waals surface area contributed by atoms with E-state index in [-0.39, 0.29) is 11.9 Å². The molecule has 9 heavy (non-hydrogen) atoms. The molecule has 3 heteroatoms. The van der Waals surface area contributed by atoms with Gasteiger partial charge in [0.05, 0.1) is 0 Å². The molecule has 1 amide bonds. The maximum Gasteiger partial charge on any atom is 0.220 e. The minimum atomic E-state index is 0.136. The first kappa shape index (κ1) is 6.55. The first-order valence-electron chi connectivity index (χ1n) is 3.22. The van der Waals surface area contributed by atoms with E-state index in [1.165, 1.54) is 0 Å². The Morgan fingerprint density at radius 2 is 2.56 bits per heavy atom. The van der Waals surface area contributed by atoms with Gasteiger partial charge in [-0.05, 0) is 12.8 Å². The number of carbonyl (C=O) groups excluding carboxylic acids is 1. The third kappa shape index (κ3) is 1.42. The van der Waals surface area contributed by atoms with Crippen molar-refractivity contribution in [3.05, 3.63) is 0 Å². The van der Waals surface area contributed by atoms with Crippen LogP contribution in [-0.4, -0.2) is 18.5 Å². The van der Waals surface area contributed by atoms with Crippen LogP contribution in [0.2, 0.25) is 0 Å². The van der Waals surface area contributed by atoms with Crippen molar-refractivity contribution in [2.45, 2.75) is 19.4 Å². The van der Waals surface area contributed by atoms with Crippen molar-refractivity contribution in [2.75, 3.05) is 6.54 Å². The summed E-state index contributed by atoms with van der Waals surface area (Å²) in [6.07, 6.45) is 0.609. The molecule has 1 heterocycles. The van der Waals surface area contributed by atoms with Crippen LogP contribution in [0, 0.1) is 5.92 Å². The molecular weight excluding hydrogens is 116 g/mol. The summed E-state index contributed by atoms with van der Waals surface area (Å²) >= 11 is 0. The van der Waals surface area contributed by atoms with E-state index in [4.69, 9.17) is 5.73 Å². The number of hydrogen-bond donors (Lipinski definition) is 2. The van der Waals surface area contributed by atoms with Crippen LogP contribution in [0.1, 0.15) is 13.3 Å². The first-order valence-corrected chi connectivity index (χ1v) is 3.22. The first-order chi connectivity index (χ1) is 4.20. The highest BCUT2D eigenvalue weighted by atomic mass is 16.1. The molecule has 2 atom stereocenters. The molecular formula is C6H12N2O. The topological polar surface area (TPSA) is 55.1 Å². The number of nitrogens with two attached hydrogens (primary N) is 1. The molecule has 0 radical (unpaired) electrons. The summed E-state index contributed by atoms with van der Waals surface area (Å²) in [7, 11) is 0. The molecule has 1 rings (SSSR count). The second kappa shape index (κ2) is 2.35. The van der Waals surface area contributed by atoms with Gasteiger partial charge in [-0.15, -0.1) is 0 Å². The number of rotatable bonds is 1.